The fraction of sp³-hybridized carbons (Fsp3) is 0.417. The molecule has 0 spiro atoms. The maximum absolute atomic E-state index is 10.9. The van der Waals surface area contributed by atoms with Crippen LogP contribution in [0.15, 0.2) is 18.2 Å². The lowest BCUT2D eigenvalue weighted by Crippen LogP contribution is -2.05. The molecule has 0 atom stereocenters. The zero-order valence-electron chi connectivity index (χ0n) is 8.96. The number of carbonyl (C=O) groups excluding carboxylic acids is 1. The summed E-state index contributed by atoms with van der Waals surface area (Å²) >= 11 is 0. The largest absolute Gasteiger partial charge is 0.426 e. The Labute approximate surface area is 84.9 Å². The minimum atomic E-state index is -0.257. The van der Waals surface area contributed by atoms with Gasteiger partial charge in [-0.05, 0) is 30.0 Å². The van der Waals surface area contributed by atoms with E-state index >= 15 is 0 Å². The molecule has 0 saturated carbocycles. The van der Waals surface area contributed by atoms with Gasteiger partial charge in [-0.3, -0.25) is 4.79 Å². The zero-order chi connectivity index (χ0) is 10.6. The van der Waals surface area contributed by atoms with Gasteiger partial charge in [-0.1, -0.05) is 26.0 Å². The van der Waals surface area contributed by atoms with Gasteiger partial charge in [0.15, 0.2) is 0 Å². The molecule has 0 aliphatic carbocycles. The first-order chi connectivity index (χ1) is 6.69. The monoisotopic (exact) mass is 192 g/mol. The van der Waals surface area contributed by atoms with Gasteiger partial charge in [-0.2, -0.15) is 0 Å². The molecule has 2 heteroatoms. The third-order valence-corrected chi connectivity index (χ3v) is 2.22. The number of hydrogen-bond acceptors (Lipinski definition) is 2. The van der Waals surface area contributed by atoms with Crippen LogP contribution in [0.1, 0.15) is 31.9 Å². The van der Waals surface area contributed by atoms with Crippen LogP contribution in [0.4, 0.5) is 0 Å². The molecule has 1 aromatic rings. The molecule has 0 fully saturated rings. The number of benzene rings is 1. The van der Waals surface area contributed by atoms with Crippen LogP contribution in [0.5, 0.6) is 5.75 Å². The van der Waals surface area contributed by atoms with Crippen molar-refractivity contribution in [3.05, 3.63) is 29.3 Å². The van der Waals surface area contributed by atoms with Crippen LogP contribution in [0.3, 0.4) is 0 Å². The van der Waals surface area contributed by atoms with Gasteiger partial charge in [0.1, 0.15) is 5.75 Å². The van der Waals surface area contributed by atoms with Crippen molar-refractivity contribution in [2.24, 2.45) is 0 Å². The third kappa shape index (κ3) is 2.34. The van der Waals surface area contributed by atoms with Crippen molar-refractivity contribution in [3.63, 3.8) is 0 Å². The quantitative estimate of drug-likeness (QED) is 0.543. The summed E-state index contributed by atoms with van der Waals surface area (Å²) in [6, 6.07) is 5.85. The van der Waals surface area contributed by atoms with Gasteiger partial charge < -0.3 is 4.74 Å². The molecule has 0 saturated heterocycles. The molecule has 0 aliphatic rings. The highest BCUT2D eigenvalue weighted by molar-refractivity contribution is 5.70. The maximum Gasteiger partial charge on any atom is 0.308 e. The lowest BCUT2D eigenvalue weighted by atomic mass is 10.0. The molecular weight excluding hydrogens is 176 g/mol. The summed E-state index contributed by atoms with van der Waals surface area (Å²) in [5, 5.41) is 0. The Kier molecular flexibility index (Phi) is 3.69. The normalized spacial score (nSPS) is 9.93. The average Bonchev–Trinajstić information content (AvgIpc) is 2.16. The molecule has 2 nitrogen and oxygen atoms in total. The predicted molar refractivity (Wildman–Crippen MR) is 56.5 cm³/mol. The molecule has 0 unspecified atom stereocenters. The second-order valence-corrected chi connectivity index (χ2v) is 3.19. The molecule has 0 aromatic heterocycles. The number of aryl methyl sites for hydroxylation is 1. The average molecular weight is 192 g/mol. The molecule has 0 bridgehead atoms. The number of carbonyl (C=O) groups is 1. The Morgan fingerprint density at radius 2 is 2.00 bits per heavy atom. The maximum atomic E-state index is 10.9. The number of rotatable bonds is 3. The standard InChI is InChI=1S/C12H16O2/c1-4-10-7-6-8-12(11(10)5-2)14-9(3)13/h6-8H,4-5H2,1-3H3. The first kappa shape index (κ1) is 10.8. The van der Waals surface area contributed by atoms with E-state index in [1.165, 1.54) is 12.5 Å². The van der Waals surface area contributed by atoms with Gasteiger partial charge in [0, 0.05) is 6.92 Å². The summed E-state index contributed by atoms with van der Waals surface area (Å²) in [4.78, 5) is 10.9. The smallest absolute Gasteiger partial charge is 0.308 e. The van der Waals surface area contributed by atoms with Crippen molar-refractivity contribution < 1.29 is 9.53 Å². The van der Waals surface area contributed by atoms with Crippen LogP contribution in [0.25, 0.3) is 0 Å². The second kappa shape index (κ2) is 4.80. The molecule has 0 amide bonds. The van der Waals surface area contributed by atoms with Gasteiger partial charge in [0.25, 0.3) is 0 Å². The van der Waals surface area contributed by atoms with Crippen molar-refractivity contribution in [1.82, 2.24) is 0 Å². The van der Waals surface area contributed by atoms with E-state index in [1.54, 1.807) is 0 Å². The summed E-state index contributed by atoms with van der Waals surface area (Å²) < 4.78 is 5.14. The summed E-state index contributed by atoms with van der Waals surface area (Å²) in [6.45, 7) is 5.60. The van der Waals surface area contributed by atoms with E-state index in [4.69, 9.17) is 4.74 Å². The Morgan fingerprint density at radius 1 is 1.29 bits per heavy atom. The van der Waals surface area contributed by atoms with E-state index in [1.807, 2.05) is 12.1 Å². The van der Waals surface area contributed by atoms with Crippen molar-refractivity contribution in [2.45, 2.75) is 33.6 Å². The van der Waals surface area contributed by atoms with Gasteiger partial charge in [0.05, 0.1) is 0 Å². The lowest BCUT2D eigenvalue weighted by Gasteiger charge is -2.11. The highest BCUT2D eigenvalue weighted by atomic mass is 16.5. The molecule has 1 aromatic carbocycles. The Hall–Kier alpha value is -1.31. The minimum Gasteiger partial charge on any atom is -0.426 e. The highest BCUT2D eigenvalue weighted by Gasteiger charge is 2.07. The topological polar surface area (TPSA) is 26.3 Å². The number of esters is 1. The van der Waals surface area contributed by atoms with Crippen molar-refractivity contribution in [1.29, 1.82) is 0 Å². The zero-order valence-corrected chi connectivity index (χ0v) is 8.96. The predicted octanol–water partition coefficient (Wildman–Crippen LogP) is 2.74. The van der Waals surface area contributed by atoms with E-state index in [0.29, 0.717) is 5.75 Å². The Morgan fingerprint density at radius 3 is 2.50 bits per heavy atom. The molecular formula is C12H16O2. The summed E-state index contributed by atoms with van der Waals surface area (Å²) in [7, 11) is 0. The van der Waals surface area contributed by atoms with Crippen molar-refractivity contribution in [3.8, 4) is 5.75 Å². The molecule has 76 valence electrons. The van der Waals surface area contributed by atoms with Crippen molar-refractivity contribution >= 4 is 5.97 Å². The summed E-state index contributed by atoms with van der Waals surface area (Å²) in [5.41, 5.74) is 2.40. The first-order valence-corrected chi connectivity index (χ1v) is 4.98. The molecule has 0 N–H and O–H groups in total. The minimum absolute atomic E-state index is 0.257. The Bertz CT molecular complexity index is 329. The van der Waals surface area contributed by atoms with Gasteiger partial charge >= 0.3 is 5.97 Å². The van der Waals surface area contributed by atoms with E-state index in [2.05, 4.69) is 19.9 Å². The van der Waals surface area contributed by atoms with Crippen molar-refractivity contribution in [2.75, 3.05) is 0 Å². The molecule has 0 radical (unpaired) electrons. The van der Waals surface area contributed by atoms with Crippen LogP contribution >= 0.6 is 0 Å². The fourth-order valence-corrected chi connectivity index (χ4v) is 1.59. The van der Waals surface area contributed by atoms with E-state index in [-0.39, 0.29) is 5.97 Å². The summed E-state index contributed by atoms with van der Waals surface area (Å²) in [6.07, 6.45) is 1.87. The molecule has 0 aliphatic heterocycles. The highest BCUT2D eigenvalue weighted by Crippen LogP contribution is 2.23. The van der Waals surface area contributed by atoms with E-state index in [9.17, 15) is 4.79 Å². The van der Waals surface area contributed by atoms with E-state index < -0.39 is 0 Å². The molecule has 0 heterocycles. The second-order valence-electron chi connectivity index (χ2n) is 3.19. The number of hydrogen-bond donors (Lipinski definition) is 0. The van der Waals surface area contributed by atoms with E-state index in [0.717, 1.165) is 18.4 Å². The number of ether oxygens (including phenoxy) is 1. The van der Waals surface area contributed by atoms with Crippen LogP contribution in [0.2, 0.25) is 0 Å². The Balaban J connectivity index is 3.08. The molecule has 14 heavy (non-hydrogen) atoms. The van der Waals surface area contributed by atoms with Gasteiger partial charge in [-0.25, -0.2) is 0 Å². The van der Waals surface area contributed by atoms with Gasteiger partial charge in [-0.15, -0.1) is 0 Å². The van der Waals surface area contributed by atoms with Crippen LogP contribution < -0.4 is 4.74 Å². The lowest BCUT2D eigenvalue weighted by molar-refractivity contribution is -0.131. The summed E-state index contributed by atoms with van der Waals surface area (Å²) in [5.74, 6) is 0.451. The SMILES string of the molecule is CCc1cccc(OC(C)=O)c1CC. The van der Waals surface area contributed by atoms with Crippen LogP contribution in [0, 0.1) is 0 Å². The van der Waals surface area contributed by atoms with Gasteiger partial charge in [0.2, 0.25) is 0 Å². The fourth-order valence-electron chi connectivity index (χ4n) is 1.59. The van der Waals surface area contributed by atoms with Crippen LogP contribution in [-0.2, 0) is 17.6 Å². The molecule has 1 rings (SSSR count). The third-order valence-electron chi connectivity index (χ3n) is 2.22. The first-order valence-electron chi connectivity index (χ1n) is 4.98. The van der Waals surface area contributed by atoms with Crippen LogP contribution in [-0.4, -0.2) is 5.97 Å².